The highest BCUT2D eigenvalue weighted by Crippen LogP contribution is 2.15. The third-order valence-electron chi connectivity index (χ3n) is 8.67. The Morgan fingerprint density at radius 2 is 0.864 bits per heavy atom. The first kappa shape index (κ1) is 42.6. The quantitative estimate of drug-likeness (QED) is 0.0497. The van der Waals surface area contributed by atoms with E-state index in [1.807, 2.05) is 6.08 Å². The molecule has 0 rings (SSSR count). The van der Waals surface area contributed by atoms with Gasteiger partial charge < -0.3 is 15.5 Å². The van der Waals surface area contributed by atoms with Gasteiger partial charge in [-0.05, 0) is 38.5 Å². The summed E-state index contributed by atoms with van der Waals surface area (Å²) in [6.07, 6.45) is 48.9. The number of allylic oxidation sites excluding steroid dienone is 5. The predicted molar refractivity (Wildman–Crippen MR) is 193 cm³/mol. The van der Waals surface area contributed by atoms with Crippen molar-refractivity contribution in [1.82, 2.24) is 5.32 Å². The molecular formula is C40H75NO3. The van der Waals surface area contributed by atoms with Gasteiger partial charge in [-0.2, -0.15) is 0 Å². The van der Waals surface area contributed by atoms with Crippen LogP contribution in [-0.2, 0) is 4.79 Å². The molecule has 1 amide bonds. The minimum absolute atomic E-state index is 0.167. The molecule has 0 heterocycles. The lowest BCUT2D eigenvalue weighted by Crippen LogP contribution is -2.44. The molecule has 0 aliphatic rings. The molecule has 44 heavy (non-hydrogen) atoms. The number of hydrogen-bond acceptors (Lipinski definition) is 3. The van der Waals surface area contributed by atoms with E-state index in [4.69, 9.17) is 0 Å². The Hall–Kier alpha value is -1.39. The molecule has 4 heteroatoms. The van der Waals surface area contributed by atoms with E-state index in [1.54, 1.807) is 13.0 Å². The fourth-order valence-electron chi connectivity index (χ4n) is 5.64. The van der Waals surface area contributed by atoms with Crippen molar-refractivity contribution in [2.75, 3.05) is 6.61 Å². The highest BCUT2D eigenvalue weighted by atomic mass is 16.3. The Balaban J connectivity index is 3.34. The van der Waals surface area contributed by atoms with Gasteiger partial charge in [0, 0.05) is 6.42 Å². The van der Waals surface area contributed by atoms with Crippen molar-refractivity contribution >= 4 is 5.91 Å². The number of rotatable bonds is 34. The van der Waals surface area contributed by atoms with E-state index in [9.17, 15) is 15.0 Å². The molecule has 0 aromatic carbocycles. The van der Waals surface area contributed by atoms with Crippen LogP contribution in [0, 0.1) is 0 Å². The first-order valence-electron chi connectivity index (χ1n) is 19.2. The normalized spacial score (nSPS) is 13.5. The largest absolute Gasteiger partial charge is 0.394 e. The van der Waals surface area contributed by atoms with Gasteiger partial charge in [-0.25, -0.2) is 0 Å². The zero-order valence-corrected chi connectivity index (χ0v) is 29.4. The van der Waals surface area contributed by atoms with Crippen molar-refractivity contribution in [3.8, 4) is 0 Å². The van der Waals surface area contributed by atoms with Gasteiger partial charge in [-0.3, -0.25) is 4.79 Å². The van der Waals surface area contributed by atoms with Crippen molar-refractivity contribution in [2.45, 2.75) is 206 Å². The van der Waals surface area contributed by atoms with Crippen molar-refractivity contribution < 1.29 is 15.0 Å². The molecule has 0 aliphatic carbocycles. The van der Waals surface area contributed by atoms with Gasteiger partial charge >= 0.3 is 0 Å². The number of aliphatic hydroxyl groups excluding tert-OH is 2. The second-order valence-electron chi connectivity index (χ2n) is 12.9. The predicted octanol–water partition coefficient (Wildman–Crippen LogP) is 11.5. The molecule has 0 saturated heterocycles. The zero-order chi connectivity index (χ0) is 32.2. The van der Waals surface area contributed by atoms with Crippen LogP contribution >= 0.6 is 0 Å². The Morgan fingerprint density at radius 1 is 0.523 bits per heavy atom. The maximum absolute atomic E-state index is 11.4. The highest BCUT2D eigenvalue weighted by molar-refractivity contribution is 5.75. The summed E-state index contributed by atoms with van der Waals surface area (Å²) in [6, 6.07) is -0.639. The third kappa shape index (κ3) is 32.0. The molecule has 0 bridgehead atoms. The van der Waals surface area contributed by atoms with Crippen molar-refractivity contribution in [2.24, 2.45) is 0 Å². The number of aliphatic hydroxyl groups is 2. The maximum atomic E-state index is 11.4. The number of hydrogen-bond donors (Lipinski definition) is 3. The lowest BCUT2D eigenvalue weighted by Gasteiger charge is -2.19. The molecule has 0 fully saturated rings. The summed E-state index contributed by atoms with van der Waals surface area (Å²) in [5.74, 6) is -0.167. The second kappa shape index (κ2) is 36.1. The first-order chi connectivity index (χ1) is 21.7. The maximum Gasteiger partial charge on any atom is 0.220 e. The molecule has 0 aromatic heterocycles. The summed E-state index contributed by atoms with van der Waals surface area (Å²) < 4.78 is 0. The second-order valence-corrected chi connectivity index (χ2v) is 12.9. The van der Waals surface area contributed by atoms with E-state index in [2.05, 4.69) is 36.5 Å². The number of carbonyl (C=O) groups excluding carboxylic acids is 1. The van der Waals surface area contributed by atoms with Crippen LogP contribution in [0.25, 0.3) is 0 Å². The van der Waals surface area contributed by atoms with Gasteiger partial charge in [0.05, 0.1) is 18.8 Å². The number of carbonyl (C=O) groups is 1. The Bertz CT molecular complexity index is 672. The lowest BCUT2D eigenvalue weighted by atomic mass is 10.0. The fraction of sp³-hybridized carbons (Fsp3) is 0.825. The summed E-state index contributed by atoms with van der Waals surface area (Å²) in [7, 11) is 0. The molecule has 0 spiro atoms. The molecule has 2 unspecified atom stereocenters. The third-order valence-corrected chi connectivity index (χ3v) is 8.67. The van der Waals surface area contributed by atoms with Crippen LogP contribution < -0.4 is 5.32 Å². The molecule has 0 radical (unpaired) electrons. The Morgan fingerprint density at radius 3 is 1.23 bits per heavy atom. The summed E-state index contributed by atoms with van der Waals surface area (Å²) in [4.78, 5) is 11.4. The van der Waals surface area contributed by atoms with Crippen molar-refractivity contribution in [3.05, 3.63) is 36.5 Å². The van der Waals surface area contributed by atoms with Gasteiger partial charge in [-0.15, -0.1) is 0 Å². The van der Waals surface area contributed by atoms with E-state index in [-0.39, 0.29) is 12.5 Å². The zero-order valence-electron chi connectivity index (χ0n) is 29.4. The number of nitrogens with one attached hydrogen (secondary N) is 1. The molecule has 2 atom stereocenters. The molecule has 0 saturated carbocycles. The van der Waals surface area contributed by atoms with E-state index >= 15 is 0 Å². The average molecular weight is 618 g/mol. The molecule has 3 N–H and O–H groups in total. The van der Waals surface area contributed by atoms with E-state index in [1.165, 1.54) is 148 Å². The van der Waals surface area contributed by atoms with E-state index in [0.717, 1.165) is 25.7 Å². The van der Waals surface area contributed by atoms with Gasteiger partial charge in [0.15, 0.2) is 0 Å². The summed E-state index contributed by atoms with van der Waals surface area (Å²) >= 11 is 0. The lowest BCUT2D eigenvalue weighted by molar-refractivity contribution is -0.122. The Labute approximate surface area is 274 Å². The van der Waals surface area contributed by atoms with Crippen LogP contribution in [-0.4, -0.2) is 34.9 Å². The van der Waals surface area contributed by atoms with Gasteiger partial charge in [-0.1, -0.05) is 185 Å². The average Bonchev–Trinajstić information content (AvgIpc) is 3.03. The molecular weight excluding hydrogens is 542 g/mol. The van der Waals surface area contributed by atoms with Gasteiger partial charge in [0.25, 0.3) is 0 Å². The summed E-state index contributed by atoms with van der Waals surface area (Å²) in [6.45, 7) is 3.77. The molecule has 258 valence electrons. The number of unbranched alkanes of at least 4 members (excludes halogenated alkanes) is 24. The number of amides is 1. The van der Waals surface area contributed by atoms with Crippen molar-refractivity contribution in [3.63, 3.8) is 0 Å². The highest BCUT2D eigenvalue weighted by Gasteiger charge is 2.17. The van der Waals surface area contributed by atoms with E-state index in [0.29, 0.717) is 6.42 Å². The van der Waals surface area contributed by atoms with Crippen LogP contribution in [0.1, 0.15) is 194 Å². The van der Waals surface area contributed by atoms with Crippen LogP contribution in [0.4, 0.5) is 0 Å². The fourth-order valence-corrected chi connectivity index (χ4v) is 5.64. The van der Waals surface area contributed by atoms with Crippen LogP contribution in [0.2, 0.25) is 0 Å². The molecule has 0 aliphatic heterocycles. The minimum atomic E-state index is -0.863. The van der Waals surface area contributed by atoms with Crippen LogP contribution in [0.3, 0.4) is 0 Å². The molecule has 4 nitrogen and oxygen atoms in total. The SMILES string of the molecule is CCCCCCCCCCCCCCCCCCCCCCCC/C=C/CC/C=C/CC/C=C/C(O)C(CO)NC(=O)CC. The van der Waals surface area contributed by atoms with Gasteiger partial charge in [0.2, 0.25) is 5.91 Å². The monoisotopic (exact) mass is 618 g/mol. The Kier molecular flexibility index (Phi) is 34.9. The van der Waals surface area contributed by atoms with Gasteiger partial charge in [0.1, 0.15) is 0 Å². The first-order valence-corrected chi connectivity index (χ1v) is 19.2. The van der Waals surface area contributed by atoms with Crippen molar-refractivity contribution in [1.29, 1.82) is 0 Å². The molecule has 0 aromatic rings. The minimum Gasteiger partial charge on any atom is -0.394 e. The summed E-state index contributed by atoms with van der Waals surface area (Å²) in [5, 5.41) is 22.0. The van der Waals surface area contributed by atoms with Crippen LogP contribution in [0.5, 0.6) is 0 Å². The topological polar surface area (TPSA) is 69.6 Å². The standard InChI is InChI=1S/C40H75NO3/c1-3-5-6-7-8-9-10-11-12-13-14-15-16-17-18-19-20-21-22-23-24-25-26-27-28-29-30-31-32-33-34-35-36-39(43)38(37-42)41-40(44)4-2/h27-28,31-32,35-36,38-39,42-43H,3-26,29-30,33-34,37H2,1-2H3,(H,41,44)/b28-27+,32-31+,36-35+. The summed E-state index contributed by atoms with van der Waals surface area (Å²) in [5.41, 5.74) is 0. The van der Waals surface area contributed by atoms with E-state index < -0.39 is 12.1 Å². The smallest absolute Gasteiger partial charge is 0.220 e. The van der Waals surface area contributed by atoms with Crippen LogP contribution in [0.15, 0.2) is 36.5 Å².